The van der Waals surface area contributed by atoms with Gasteiger partial charge in [-0.1, -0.05) is 20.3 Å². The zero-order valence-electron chi connectivity index (χ0n) is 11.8. The lowest BCUT2D eigenvalue weighted by Crippen LogP contribution is -2.19. The second-order valence-electron chi connectivity index (χ2n) is 4.71. The molecule has 1 fully saturated rings. The summed E-state index contributed by atoms with van der Waals surface area (Å²) in [6, 6.07) is 2.07. The molecule has 1 aliphatic rings. The molecule has 1 unspecified atom stereocenters. The van der Waals surface area contributed by atoms with Gasteiger partial charge in [-0.05, 0) is 12.8 Å². The average molecular weight is 281 g/mol. The zero-order valence-corrected chi connectivity index (χ0v) is 12.6. The van der Waals surface area contributed by atoms with Gasteiger partial charge in [0.2, 0.25) is 0 Å². The fourth-order valence-corrected chi connectivity index (χ4v) is 2.87. The van der Waals surface area contributed by atoms with E-state index in [4.69, 9.17) is 4.74 Å². The van der Waals surface area contributed by atoms with Gasteiger partial charge in [0, 0.05) is 29.8 Å². The summed E-state index contributed by atoms with van der Waals surface area (Å²) in [5.41, 5.74) is 1.12. The van der Waals surface area contributed by atoms with Crippen molar-refractivity contribution in [2.45, 2.75) is 39.2 Å². The van der Waals surface area contributed by atoms with Gasteiger partial charge in [0.25, 0.3) is 0 Å². The predicted molar refractivity (Wildman–Crippen MR) is 80.8 cm³/mol. The molecule has 19 heavy (non-hydrogen) atoms. The van der Waals surface area contributed by atoms with E-state index in [1.54, 1.807) is 0 Å². The molecule has 0 radical (unpaired) electrons. The molecule has 5 heteroatoms. The first-order valence-corrected chi connectivity index (χ1v) is 8.30. The number of rotatable bonds is 6. The molecule has 1 aliphatic heterocycles. The maximum Gasteiger partial charge on any atom is 0.160 e. The Kier molecular flexibility index (Phi) is 5.92. The first kappa shape index (κ1) is 14.6. The Morgan fingerprint density at radius 1 is 1.37 bits per heavy atom. The number of thioether (sulfide) groups is 1. The third kappa shape index (κ3) is 4.35. The number of hydrogen-bond donors (Lipinski definition) is 1. The first-order valence-electron chi connectivity index (χ1n) is 7.14. The summed E-state index contributed by atoms with van der Waals surface area (Å²) in [5.74, 6) is 3.82. The van der Waals surface area contributed by atoms with Crippen molar-refractivity contribution in [2.24, 2.45) is 0 Å². The van der Waals surface area contributed by atoms with Gasteiger partial charge in [-0.2, -0.15) is 11.8 Å². The van der Waals surface area contributed by atoms with E-state index in [1.165, 1.54) is 0 Å². The van der Waals surface area contributed by atoms with Crippen molar-refractivity contribution >= 4 is 17.6 Å². The van der Waals surface area contributed by atoms with Gasteiger partial charge in [-0.25, -0.2) is 9.97 Å². The highest BCUT2D eigenvalue weighted by Gasteiger charge is 2.20. The molecule has 4 nitrogen and oxygen atoms in total. The second kappa shape index (κ2) is 7.70. The molecule has 1 aromatic rings. The third-order valence-corrected chi connectivity index (χ3v) is 3.96. The number of nitrogens with one attached hydrogen (secondary N) is 1. The summed E-state index contributed by atoms with van der Waals surface area (Å²) in [6.45, 7) is 6.08. The molecule has 0 aromatic carbocycles. The monoisotopic (exact) mass is 281 g/mol. The minimum atomic E-state index is 0.0535. The molecule has 0 spiro atoms. The van der Waals surface area contributed by atoms with Gasteiger partial charge >= 0.3 is 0 Å². The van der Waals surface area contributed by atoms with Gasteiger partial charge < -0.3 is 10.1 Å². The van der Waals surface area contributed by atoms with E-state index in [1.807, 2.05) is 11.8 Å². The number of anilines is 1. The fraction of sp³-hybridized carbons (Fsp3) is 0.714. The van der Waals surface area contributed by atoms with Crippen LogP contribution < -0.4 is 5.32 Å². The summed E-state index contributed by atoms with van der Waals surface area (Å²) >= 11 is 1.92. The molecule has 0 amide bonds. The fourth-order valence-electron chi connectivity index (χ4n) is 2.03. The summed E-state index contributed by atoms with van der Waals surface area (Å²) in [4.78, 5) is 9.28. The Hall–Kier alpha value is -0.810. The zero-order chi connectivity index (χ0) is 13.5. The lowest BCUT2D eigenvalue weighted by molar-refractivity contribution is 0.0693. The van der Waals surface area contributed by atoms with Gasteiger partial charge in [-0.15, -0.1) is 0 Å². The number of ether oxygens (including phenoxy) is 1. The van der Waals surface area contributed by atoms with Crippen molar-refractivity contribution in [1.82, 2.24) is 9.97 Å². The molecular weight excluding hydrogens is 258 g/mol. The van der Waals surface area contributed by atoms with Crippen LogP contribution in [0.25, 0.3) is 0 Å². The van der Waals surface area contributed by atoms with Crippen LogP contribution in [0.4, 0.5) is 5.82 Å². The maximum atomic E-state index is 5.78. The van der Waals surface area contributed by atoms with E-state index in [-0.39, 0.29) is 6.10 Å². The Morgan fingerprint density at radius 2 is 2.26 bits per heavy atom. The van der Waals surface area contributed by atoms with Crippen LogP contribution in [-0.2, 0) is 11.2 Å². The van der Waals surface area contributed by atoms with Crippen LogP contribution in [0.5, 0.6) is 0 Å². The van der Waals surface area contributed by atoms with Gasteiger partial charge in [0.1, 0.15) is 11.9 Å². The molecule has 1 N–H and O–H groups in total. The van der Waals surface area contributed by atoms with E-state index in [0.717, 1.165) is 61.3 Å². The largest absolute Gasteiger partial charge is 0.370 e. The van der Waals surface area contributed by atoms with E-state index in [9.17, 15) is 0 Å². The molecule has 2 heterocycles. The minimum Gasteiger partial charge on any atom is -0.370 e. The molecule has 2 rings (SSSR count). The molecule has 1 aromatic heterocycles. The van der Waals surface area contributed by atoms with E-state index in [2.05, 4.69) is 35.2 Å². The third-order valence-electron chi connectivity index (χ3n) is 2.96. The lowest BCUT2D eigenvalue weighted by Gasteiger charge is -2.22. The Balaban J connectivity index is 2.17. The average Bonchev–Trinajstić information content (AvgIpc) is 2.46. The van der Waals surface area contributed by atoms with Crippen LogP contribution in [0, 0.1) is 0 Å². The van der Waals surface area contributed by atoms with Gasteiger partial charge in [-0.3, -0.25) is 0 Å². The van der Waals surface area contributed by atoms with E-state index >= 15 is 0 Å². The van der Waals surface area contributed by atoms with Crippen LogP contribution >= 0.6 is 11.8 Å². The maximum absolute atomic E-state index is 5.78. The molecule has 1 saturated heterocycles. The van der Waals surface area contributed by atoms with E-state index < -0.39 is 0 Å². The summed E-state index contributed by atoms with van der Waals surface area (Å²) in [6.07, 6.45) is 3.25. The van der Waals surface area contributed by atoms with Crippen LogP contribution in [0.2, 0.25) is 0 Å². The van der Waals surface area contributed by atoms with Crippen molar-refractivity contribution in [3.63, 3.8) is 0 Å². The van der Waals surface area contributed by atoms with Crippen molar-refractivity contribution in [2.75, 3.05) is 30.0 Å². The highest BCUT2D eigenvalue weighted by Crippen LogP contribution is 2.25. The Bertz CT molecular complexity index is 394. The van der Waals surface area contributed by atoms with Crippen molar-refractivity contribution < 1.29 is 4.74 Å². The molecule has 0 aliphatic carbocycles. The Morgan fingerprint density at radius 3 is 2.95 bits per heavy atom. The normalized spacial score (nSPS) is 19.4. The van der Waals surface area contributed by atoms with E-state index in [0.29, 0.717) is 0 Å². The summed E-state index contributed by atoms with van der Waals surface area (Å²) < 4.78 is 5.78. The molecule has 0 saturated carbocycles. The molecule has 106 valence electrons. The number of aryl methyl sites for hydroxylation is 1. The van der Waals surface area contributed by atoms with Crippen LogP contribution in [-0.4, -0.2) is 34.6 Å². The molecule has 0 bridgehead atoms. The van der Waals surface area contributed by atoms with Crippen molar-refractivity contribution in [3.8, 4) is 0 Å². The number of hydrogen-bond acceptors (Lipinski definition) is 5. The number of nitrogens with zero attached hydrogens (tertiary/aromatic N) is 2. The Labute approximate surface area is 119 Å². The van der Waals surface area contributed by atoms with Crippen LogP contribution in [0.15, 0.2) is 6.07 Å². The summed E-state index contributed by atoms with van der Waals surface area (Å²) in [7, 11) is 0. The minimum absolute atomic E-state index is 0.0535. The molecular formula is C14H23N3OS. The standard InChI is InChI=1S/C14H23N3OS/c1-3-5-11-9-13(15-6-4-2)17-14(16-11)12-10-19-8-7-18-12/h9,12H,3-8,10H2,1-2H3,(H,15,16,17). The van der Waals surface area contributed by atoms with Crippen LogP contribution in [0.3, 0.4) is 0 Å². The van der Waals surface area contributed by atoms with Crippen molar-refractivity contribution in [1.29, 1.82) is 0 Å². The highest BCUT2D eigenvalue weighted by molar-refractivity contribution is 7.99. The topological polar surface area (TPSA) is 47.0 Å². The highest BCUT2D eigenvalue weighted by atomic mass is 32.2. The lowest BCUT2D eigenvalue weighted by atomic mass is 10.2. The number of aromatic nitrogens is 2. The van der Waals surface area contributed by atoms with Crippen LogP contribution in [0.1, 0.15) is 44.3 Å². The van der Waals surface area contributed by atoms with Crippen molar-refractivity contribution in [3.05, 3.63) is 17.6 Å². The first-order chi connectivity index (χ1) is 9.33. The van der Waals surface area contributed by atoms with Gasteiger partial charge in [0.15, 0.2) is 5.82 Å². The predicted octanol–water partition coefficient (Wildman–Crippen LogP) is 3.06. The SMILES string of the molecule is CCCNc1cc(CCC)nc(C2CSCCO2)n1. The van der Waals surface area contributed by atoms with Gasteiger partial charge in [0.05, 0.1) is 6.61 Å². The smallest absolute Gasteiger partial charge is 0.160 e. The summed E-state index contributed by atoms with van der Waals surface area (Å²) in [5, 5.41) is 3.36. The quantitative estimate of drug-likeness (QED) is 0.868. The molecule has 1 atom stereocenters. The second-order valence-corrected chi connectivity index (χ2v) is 5.86.